The van der Waals surface area contributed by atoms with E-state index in [2.05, 4.69) is 5.32 Å². The molecule has 0 fully saturated rings. The summed E-state index contributed by atoms with van der Waals surface area (Å²) >= 11 is 0. The molecule has 1 aromatic carbocycles. The van der Waals surface area contributed by atoms with Crippen LogP contribution in [0.15, 0.2) is 18.2 Å². The van der Waals surface area contributed by atoms with Crippen molar-refractivity contribution in [3.8, 4) is 5.75 Å². The van der Waals surface area contributed by atoms with E-state index in [9.17, 15) is 4.79 Å². The maximum atomic E-state index is 11.2. The van der Waals surface area contributed by atoms with Crippen LogP contribution in [-0.4, -0.2) is 19.3 Å². The number of nitrogens with one attached hydrogen (secondary N) is 1. The molecular formula is C12H15NO3. The largest absolute Gasteiger partial charge is 0.467 e. The molecule has 0 unspecified atom stereocenters. The lowest BCUT2D eigenvalue weighted by molar-refractivity contribution is -0.116. The molecule has 1 N–H and O–H groups in total. The average Bonchev–Trinajstić information content (AvgIpc) is 2.29. The summed E-state index contributed by atoms with van der Waals surface area (Å²) in [7, 11) is 0. The van der Waals surface area contributed by atoms with Crippen molar-refractivity contribution < 1.29 is 14.3 Å². The average molecular weight is 221 g/mol. The SMILES string of the molecule is CCOCOc1ccc2c(c1)NC(=O)CC2. The molecule has 0 bridgehead atoms. The van der Waals surface area contributed by atoms with Crippen LogP contribution < -0.4 is 10.1 Å². The second-order valence-electron chi connectivity index (χ2n) is 3.62. The Kier molecular flexibility index (Phi) is 3.41. The van der Waals surface area contributed by atoms with Crippen LogP contribution in [0.3, 0.4) is 0 Å². The van der Waals surface area contributed by atoms with E-state index in [-0.39, 0.29) is 12.7 Å². The minimum absolute atomic E-state index is 0.0643. The van der Waals surface area contributed by atoms with Crippen molar-refractivity contribution in [2.45, 2.75) is 19.8 Å². The van der Waals surface area contributed by atoms with Crippen LogP contribution in [0, 0.1) is 0 Å². The Morgan fingerprint density at radius 3 is 3.06 bits per heavy atom. The number of rotatable bonds is 4. The Hall–Kier alpha value is -1.55. The summed E-state index contributed by atoms with van der Waals surface area (Å²) in [6, 6.07) is 5.72. The van der Waals surface area contributed by atoms with Crippen LogP contribution >= 0.6 is 0 Å². The maximum absolute atomic E-state index is 11.2. The monoisotopic (exact) mass is 221 g/mol. The molecule has 0 saturated heterocycles. The fraction of sp³-hybridized carbons (Fsp3) is 0.417. The van der Waals surface area contributed by atoms with Gasteiger partial charge in [0, 0.05) is 24.8 Å². The molecule has 0 saturated carbocycles. The first-order chi connectivity index (χ1) is 7.79. The molecule has 16 heavy (non-hydrogen) atoms. The highest BCUT2D eigenvalue weighted by Crippen LogP contribution is 2.26. The van der Waals surface area contributed by atoms with Crippen LogP contribution in [0.25, 0.3) is 0 Å². The number of carbonyl (C=O) groups excluding carboxylic acids is 1. The number of ether oxygens (including phenoxy) is 2. The fourth-order valence-corrected chi connectivity index (χ4v) is 1.63. The van der Waals surface area contributed by atoms with Crippen LogP contribution in [-0.2, 0) is 16.0 Å². The Morgan fingerprint density at radius 2 is 2.25 bits per heavy atom. The summed E-state index contributed by atoms with van der Waals surface area (Å²) in [4.78, 5) is 11.2. The van der Waals surface area contributed by atoms with Gasteiger partial charge in [-0.05, 0) is 25.0 Å². The molecule has 0 aliphatic carbocycles. The topological polar surface area (TPSA) is 47.6 Å². The summed E-state index contributed by atoms with van der Waals surface area (Å²) in [6.45, 7) is 2.78. The molecule has 0 atom stereocenters. The van der Waals surface area contributed by atoms with Gasteiger partial charge in [0.25, 0.3) is 0 Å². The molecule has 2 rings (SSSR count). The van der Waals surface area contributed by atoms with E-state index in [4.69, 9.17) is 9.47 Å². The van der Waals surface area contributed by atoms with Gasteiger partial charge in [-0.15, -0.1) is 0 Å². The summed E-state index contributed by atoms with van der Waals surface area (Å²) in [5, 5.41) is 2.83. The van der Waals surface area contributed by atoms with E-state index >= 15 is 0 Å². The lowest BCUT2D eigenvalue weighted by atomic mass is 10.0. The standard InChI is InChI=1S/C12H15NO3/c1-2-15-8-16-10-5-3-9-4-6-12(14)13-11(9)7-10/h3,5,7H,2,4,6,8H2,1H3,(H,13,14). The van der Waals surface area contributed by atoms with Gasteiger partial charge < -0.3 is 14.8 Å². The molecule has 1 heterocycles. The molecule has 1 aliphatic rings. The predicted octanol–water partition coefficient (Wildman–Crippen LogP) is 1.94. The zero-order valence-corrected chi connectivity index (χ0v) is 9.29. The van der Waals surface area contributed by atoms with Crippen LogP contribution in [0.1, 0.15) is 18.9 Å². The normalized spacial score (nSPS) is 14.2. The number of carbonyl (C=O) groups is 1. The molecule has 0 radical (unpaired) electrons. The number of aryl methyl sites for hydroxylation is 1. The fourth-order valence-electron chi connectivity index (χ4n) is 1.63. The second kappa shape index (κ2) is 4.99. The lowest BCUT2D eigenvalue weighted by Crippen LogP contribution is -2.18. The van der Waals surface area contributed by atoms with Gasteiger partial charge in [-0.1, -0.05) is 6.07 Å². The van der Waals surface area contributed by atoms with Crippen molar-refractivity contribution in [3.05, 3.63) is 23.8 Å². The number of fused-ring (bicyclic) bond motifs is 1. The number of anilines is 1. The number of hydrogen-bond acceptors (Lipinski definition) is 3. The first kappa shape index (κ1) is 11.0. The Labute approximate surface area is 94.6 Å². The van der Waals surface area contributed by atoms with Crippen LogP contribution in [0.5, 0.6) is 5.75 Å². The van der Waals surface area contributed by atoms with E-state index in [1.54, 1.807) is 0 Å². The lowest BCUT2D eigenvalue weighted by Gasteiger charge is -2.17. The van der Waals surface area contributed by atoms with Gasteiger partial charge in [-0.25, -0.2) is 0 Å². The van der Waals surface area contributed by atoms with E-state index in [1.165, 1.54) is 0 Å². The van der Waals surface area contributed by atoms with Crippen molar-refractivity contribution in [2.24, 2.45) is 0 Å². The van der Waals surface area contributed by atoms with Crippen molar-refractivity contribution in [1.82, 2.24) is 0 Å². The Balaban J connectivity index is 2.06. The summed E-state index contributed by atoms with van der Waals surface area (Å²) in [6.07, 6.45) is 1.36. The van der Waals surface area contributed by atoms with Crippen molar-refractivity contribution in [2.75, 3.05) is 18.7 Å². The zero-order chi connectivity index (χ0) is 11.4. The third-order valence-corrected chi connectivity index (χ3v) is 2.49. The van der Waals surface area contributed by atoms with Gasteiger partial charge in [-0.3, -0.25) is 4.79 Å². The van der Waals surface area contributed by atoms with Gasteiger partial charge in [0.15, 0.2) is 6.79 Å². The smallest absolute Gasteiger partial charge is 0.224 e. The minimum Gasteiger partial charge on any atom is -0.467 e. The quantitative estimate of drug-likeness (QED) is 0.624. The summed E-state index contributed by atoms with van der Waals surface area (Å²) < 4.78 is 10.5. The van der Waals surface area contributed by atoms with E-state index in [1.807, 2.05) is 25.1 Å². The van der Waals surface area contributed by atoms with Gasteiger partial charge in [-0.2, -0.15) is 0 Å². The van der Waals surface area contributed by atoms with Gasteiger partial charge >= 0.3 is 0 Å². The third-order valence-electron chi connectivity index (χ3n) is 2.49. The minimum atomic E-state index is 0.0643. The Morgan fingerprint density at radius 1 is 1.38 bits per heavy atom. The number of hydrogen-bond donors (Lipinski definition) is 1. The molecule has 0 aromatic heterocycles. The molecule has 1 aromatic rings. The zero-order valence-electron chi connectivity index (χ0n) is 9.29. The van der Waals surface area contributed by atoms with Crippen LogP contribution in [0.4, 0.5) is 5.69 Å². The first-order valence-corrected chi connectivity index (χ1v) is 5.43. The maximum Gasteiger partial charge on any atom is 0.224 e. The van der Waals surface area contributed by atoms with E-state index in [0.717, 1.165) is 23.4 Å². The van der Waals surface area contributed by atoms with Gasteiger partial charge in [0.1, 0.15) is 5.75 Å². The molecule has 4 heteroatoms. The first-order valence-electron chi connectivity index (χ1n) is 5.43. The molecule has 1 aliphatic heterocycles. The highest BCUT2D eigenvalue weighted by Gasteiger charge is 2.14. The summed E-state index contributed by atoms with van der Waals surface area (Å²) in [5.74, 6) is 0.781. The number of amides is 1. The van der Waals surface area contributed by atoms with Crippen molar-refractivity contribution in [1.29, 1.82) is 0 Å². The van der Waals surface area contributed by atoms with Crippen molar-refractivity contribution in [3.63, 3.8) is 0 Å². The van der Waals surface area contributed by atoms with E-state index < -0.39 is 0 Å². The molecule has 86 valence electrons. The summed E-state index contributed by atoms with van der Waals surface area (Å²) in [5.41, 5.74) is 2.01. The van der Waals surface area contributed by atoms with Gasteiger partial charge in [0.2, 0.25) is 5.91 Å². The highest BCUT2D eigenvalue weighted by molar-refractivity contribution is 5.94. The second-order valence-corrected chi connectivity index (χ2v) is 3.62. The third kappa shape index (κ3) is 2.52. The van der Waals surface area contributed by atoms with Crippen LogP contribution in [0.2, 0.25) is 0 Å². The van der Waals surface area contributed by atoms with Gasteiger partial charge in [0.05, 0.1) is 0 Å². The molecule has 1 amide bonds. The predicted molar refractivity (Wildman–Crippen MR) is 60.5 cm³/mol. The number of benzene rings is 1. The van der Waals surface area contributed by atoms with E-state index in [0.29, 0.717) is 13.0 Å². The highest BCUT2D eigenvalue weighted by atomic mass is 16.7. The Bertz CT molecular complexity index is 390. The molecule has 4 nitrogen and oxygen atoms in total. The molecular weight excluding hydrogens is 206 g/mol. The van der Waals surface area contributed by atoms with Crippen molar-refractivity contribution >= 4 is 11.6 Å². The molecule has 0 spiro atoms.